The third-order valence-corrected chi connectivity index (χ3v) is 6.51. The molecule has 2 N–H and O–H groups in total. The molecule has 1 aliphatic carbocycles. The van der Waals surface area contributed by atoms with Gasteiger partial charge in [-0.1, -0.05) is 17.7 Å². The lowest BCUT2D eigenvalue weighted by Gasteiger charge is -2.10. The van der Waals surface area contributed by atoms with Crippen molar-refractivity contribution in [2.45, 2.75) is 37.5 Å². The van der Waals surface area contributed by atoms with Crippen LogP contribution in [-0.4, -0.2) is 20.1 Å². The largest absolute Gasteiger partial charge is 0.321 e. The fraction of sp³-hybridized carbons (Fsp3) is 0.238. The Kier molecular flexibility index (Phi) is 4.55. The predicted octanol–water partition coefficient (Wildman–Crippen LogP) is 3.97. The number of allylic oxidation sites excluding steroid dienone is 1. The molecule has 144 valence electrons. The molecule has 0 atom stereocenters. The van der Waals surface area contributed by atoms with Crippen LogP contribution in [0.25, 0.3) is 5.57 Å². The summed E-state index contributed by atoms with van der Waals surface area (Å²) >= 11 is 0. The van der Waals surface area contributed by atoms with Crippen LogP contribution in [0.3, 0.4) is 0 Å². The molecule has 2 aliphatic rings. The van der Waals surface area contributed by atoms with Gasteiger partial charge in [0.15, 0.2) is 5.78 Å². The highest BCUT2D eigenvalue weighted by Gasteiger charge is 2.30. The maximum atomic E-state index is 12.9. The first kappa shape index (κ1) is 18.4. The van der Waals surface area contributed by atoms with E-state index in [9.17, 15) is 18.0 Å². The van der Waals surface area contributed by atoms with Gasteiger partial charge in [-0.05, 0) is 62.9 Å². The molecular weight excluding hydrogens is 376 g/mol. The van der Waals surface area contributed by atoms with Crippen LogP contribution in [0.15, 0.2) is 52.9 Å². The van der Waals surface area contributed by atoms with Crippen LogP contribution in [0.4, 0.5) is 11.4 Å². The maximum Gasteiger partial charge on any atom is 0.261 e. The van der Waals surface area contributed by atoms with Gasteiger partial charge in [-0.25, -0.2) is 8.42 Å². The van der Waals surface area contributed by atoms with E-state index in [0.29, 0.717) is 28.1 Å². The minimum Gasteiger partial charge on any atom is -0.321 e. The molecule has 1 amide bonds. The van der Waals surface area contributed by atoms with E-state index >= 15 is 0 Å². The Labute approximate surface area is 163 Å². The van der Waals surface area contributed by atoms with Crippen LogP contribution in [0.1, 0.15) is 48.5 Å². The first-order valence-corrected chi connectivity index (χ1v) is 10.6. The highest BCUT2D eigenvalue weighted by Crippen LogP contribution is 2.40. The molecule has 0 saturated heterocycles. The number of benzene rings is 2. The smallest absolute Gasteiger partial charge is 0.261 e. The zero-order valence-electron chi connectivity index (χ0n) is 15.4. The zero-order chi connectivity index (χ0) is 19.9. The van der Waals surface area contributed by atoms with E-state index in [-0.39, 0.29) is 16.6 Å². The molecule has 1 fully saturated rings. The normalized spacial score (nSPS) is 16.1. The van der Waals surface area contributed by atoms with Crippen molar-refractivity contribution in [3.05, 3.63) is 59.2 Å². The Morgan fingerprint density at radius 2 is 1.82 bits per heavy atom. The number of carbonyl (C=O) groups excluding carboxylic acids is 2. The molecule has 0 spiro atoms. The van der Waals surface area contributed by atoms with Crippen molar-refractivity contribution in [3.8, 4) is 0 Å². The highest BCUT2D eigenvalue weighted by atomic mass is 32.2. The number of fused-ring (bicyclic) bond motifs is 1. The van der Waals surface area contributed by atoms with Crippen molar-refractivity contribution >= 4 is 38.7 Å². The van der Waals surface area contributed by atoms with Crippen LogP contribution in [0.5, 0.6) is 0 Å². The van der Waals surface area contributed by atoms with Gasteiger partial charge in [-0.2, -0.15) is 0 Å². The number of nitrogens with one attached hydrogen (secondary N) is 2. The number of anilines is 2. The van der Waals surface area contributed by atoms with E-state index in [4.69, 9.17) is 0 Å². The van der Waals surface area contributed by atoms with Crippen molar-refractivity contribution in [1.82, 2.24) is 0 Å². The summed E-state index contributed by atoms with van der Waals surface area (Å²) in [7, 11) is -3.86. The first-order chi connectivity index (χ1) is 13.3. The highest BCUT2D eigenvalue weighted by molar-refractivity contribution is 7.92. The van der Waals surface area contributed by atoms with Gasteiger partial charge in [0.1, 0.15) is 0 Å². The van der Waals surface area contributed by atoms with Gasteiger partial charge < -0.3 is 5.32 Å². The fourth-order valence-electron chi connectivity index (χ4n) is 3.73. The average Bonchev–Trinajstić information content (AvgIpc) is 3.27. The Bertz CT molecular complexity index is 1120. The van der Waals surface area contributed by atoms with Crippen molar-refractivity contribution in [1.29, 1.82) is 0 Å². The summed E-state index contributed by atoms with van der Waals surface area (Å²) in [6.45, 7) is 1.43. The van der Waals surface area contributed by atoms with Gasteiger partial charge >= 0.3 is 0 Å². The number of amides is 1. The maximum absolute atomic E-state index is 12.9. The zero-order valence-corrected chi connectivity index (χ0v) is 16.2. The van der Waals surface area contributed by atoms with Gasteiger partial charge in [0, 0.05) is 28.1 Å². The quantitative estimate of drug-likeness (QED) is 0.604. The van der Waals surface area contributed by atoms with Gasteiger partial charge in [-0.15, -0.1) is 0 Å². The van der Waals surface area contributed by atoms with Crippen molar-refractivity contribution < 1.29 is 18.0 Å². The third-order valence-electron chi connectivity index (χ3n) is 5.13. The molecule has 1 heterocycles. The van der Waals surface area contributed by atoms with Crippen molar-refractivity contribution in [3.63, 3.8) is 0 Å². The van der Waals surface area contributed by atoms with Gasteiger partial charge in [0.25, 0.3) is 15.9 Å². The molecule has 28 heavy (non-hydrogen) atoms. The lowest BCUT2D eigenvalue weighted by molar-refractivity contribution is -0.110. The molecule has 0 unspecified atom stereocenters. The number of rotatable bonds is 4. The van der Waals surface area contributed by atoms with Crippen molar-refractivity contribution in [2.75, 3.05) is 10.0 Å². The lowest BCUT2D eigenvalue weighted by Crippen LogP contribution is -2.13. The summed E-state index contributed by atoms with van der Waals surface area (Å²) < 4.78 is 28.3. The fourth-order valence-corrected chi connectivity index (χ4v) is 4.81. The van der Waals surface area contributed by atoms with Crippen LogP contribution in [0, 0.1) is 0 Å². The monoisotopic (exact) mass is 396 g/mol. The van der Waals surface area contributed by atoms with E-state index in [1.165, 1.54) is 19.1 Å². The number of carbonyl (C=O) groups is 2. The van der Waals surface area contributed by atoms with Gasteiger partial charge in [0.2, 0.25) is 0 Å². The van der Waals surface area contributed by atoms with Crippen LogP contribution < -0.4 is 10.0 Å². The first-order valence-electron chi connectivity index (χ1n) is 9.17. The summed E-state index contributed by atoms with van der Waals surface area (Å²) in [6, 6.07) is 11.0. The molecule has 0 aromatic heterocycles. The Balaban J connectivity index is 1.71. The Hall–Kier alpha value is -2.93. The molecule has 2 aromatic carbocycles. The Morgan fingerprint density at radius 3 is 2.54 bits per heavy atom. The minimum atomic E-state index is -3.86. The average molecular weight is 396 g/mol. The van der Waals surface area contributed by atoms with Crippen molar-refractivity contribution in [2.24, 2.45) is 0 Å². The molecular formula is C21H20N2O4S. The van der Waals surface area contributed by atoms with Gasteiger partial charge in [-0.3, -0.25) is 14.3 Å². The second-order valence-corrected chi connectivity index (χ2v) is 8.77. The van der Waals surface area contributed by atoms with Crippen LogP contribution in [-0.2, 0) is 14.8 Å². The lowest BCUT2D eigenvalue weighted by atomic mass is 10.00. The SMILES string of the molecule is CC(=O)c1cccc(NS(=O)(=O)c2ccc3c(c2)C(=C2CCCC2)C(=O)N3)c1. The molecule has 1 saturated carbocycles. The van der Waals surface area contributed by atoms with E-state index < -0.39 is 10.0 Å². The second-order valence-electron chi connectivity index (χ2n) is 7.09. The molecule has 1 aliphatic heterocycles. The number of ketones is 1. The molecule has 6 nitrogen and oxygen atoms in total. The predicted molar refractivity (Wildman–Crippen MR) is 108 cm³/mol. The summed E-state index contributed by atoms with van der Waals surface area (Å²) in [5, 5.41) is 2.82. The van der Waals surface area contributed by atoms with Gasteiger partial charge in [0.05, 0.1) is 4.90 Å². The molecule has 2 aromatic rings. The summed E-state index contributed by atoms with van der Waals surface area (Å²) in [4.78, 5) is 24.0. The van der Waals surface area contributed by atoms with Crippen LogP contribution >= 0.6 is 0 Å². The Morgan fingerprint density at radius 1 is 1.07 bits per heavy atom. The standard InChI is InChI=1S/C21H20N2O4S/c1-13(24)15-7-4-8-16(11-15)23-28(26,27)17-9-10-19-18(12-17)20(21(25)22-19)14-5-2-3-6-14/h4,7-12,23H,2-3,5-6H2,1H3,(H,22,25). The second kappa shape index (κ2) is 6.91. The number of sulfonamides is 1. The summed E-state index contributed by atoms with van der Waals surface area (Å²) in [5.41, 5.74) is 3.73. The summed E-state index contributed by atoms with van der Waals surface area (Å²) in [6.07, 6.45) is 3.84. The molecule has 0 radical (unpaired) electrons. The summed E-state index contributed by atoms with van der Waals surface area (Å²) in [5.74, 6) is -0.306. The molecule has 7 heteroatoms. The minimum absolute atomic E-state index is 0.0760. The number of hydrogen-bond acceptors (Lipinski definition) is 4. The molecule has 0 bridgehead atoms. The van der Waals surface area contributed by atoms with E-state index in [2.05, 4.69) is 10.0 Å². The van der Waals surface area contributed by atoms with E-state index in [1.54, 1.807) is 30.3 Å². The number of Topliss-reactive ketones (excluding diaryl/α,β-unsaturated/α-hetero) is 1. The van der Waals surface area contributed by atoms with E-state index in [0.717, 1.165) is 31.3 Å². The van der Waals surface area contributed by atoms with E-state index in [1.807, 2.05) is 0 Å². The topological polar surface area (TPSA) is 92.3 Å². The number of hydrogen-bond donors (Lipinski definition) is 2. The molecule has 4 rings (SSSR count). The third kappa shape index (κ3) is 3.33. The van der Waals surface area contributed by atoms with Crippen LogP contribution in [0.2, 0.25) is 0 Å².